The number of ether oxygens (including phenoxy) is 3. The molecule has 0 saturated heterocycles. The number of carbonyl (C=O) groups is 2. The molecule has 0 fully saturated rings. The predicted octanol–water partition coefficient (Wildman–Crippen LogP) is 4.43. The van der Waals surface area contributed by atoms with Crippen molar-refractivity contribution >= 4 is 29.2 Å². The molecular weight excluding hydrogens is 440 g/mol. The second-order valence-corrected chi connectivity index (χ2v) is 6.87. The van der Waals surface area contributed by atoms with Crippen LogP contribution in [0.5, 0.6) is 17.2 Å². The number of methoxy groups -OCH3 is 1. The van der Waals surface area contributed by atoms with E-state index in [0.717, 1.165) is 6.07 Å². The monoisotopic (exact) mass is 456 g/mol. The molecule has 0 aliphatic heterocycles. The first-order valence-corrected chi connectivity index (χ1v) is 9.53. The van der Waals surface area contributed by atoms with Crippen molar-refractivity contribution < 1.29 is 28.7 Å². The van der Waals surface area contributed by atoms with E-state index in [1.54, 1.807) is 30.3 Å². The second-order valence-electron chi connectivity index (χ2n) is 6.44. The van der Waals surface area contributed by atoms with Crippen molar-refractivity contribution in [1.82, 2.24) is 0 Å². The lowest BCUT2D eigenvalue weighted by Gasteiger charge is -2.16. The summed E-state index contributed by atoms with van der Waals surface area (Å²) in [5.41, 5.74) is 5.53. The Balaban J connectivity index is 1.86. The minimum atomic E-state index is -1.28. The van der Waals surface area contributed by atoms with Crippen LogP contribution in [-0.2, 0) is 9.53 Å². The number of nitro benzene ring substituents is 1. The van der Waals surface area contributed by atoms with Gasteiger partial charge in [-0.15, -0.1) is 0 Å². The molecule has 0 bridgehead atoms. The maximum atomic E-state index is 12.6. The van der Waals surface area contributed by atoms with Crippen LogP contribution in [-0.4, -0.2) is 23.9 Å². The fourth-order valence-electron chi connectivity index (χ4n) is 2.81. The molecule has 0 heterocycles. The van der Waals surface area contributed by atoms with E-state index in [1.807, 2.05) is 0 Å². The highest BCUT2D eigenvalue weighted by Crippen LogP contribution is 2.38. The molecule has 3 aromatic carbocycles. The Morgan fingerprint density at radius 3 is 2.31 bits per heavy atom. The Morgan fingerprint density at radius 1 is 1.00 bits per heavy atom. The van der Waals surface area contributed by atoms with E-state index in [0.29, 0.717) is 5.56 Å². The quantitative estimate of drug-likeness (QED) is 0.301. The van der Waals surface area contributed by atoms with Crippen molar-refractivity contribution in [3.05, 3.63) is 93.0 Å². The number of rotatable bonds is 8. The number of benzene rings is 3. The van der Waals surface area contributed by atoms with E-state index in [2.05, 4.69) is 0 Å². The van der Waals surface area contributed by atoms with Crippen molar-refractivity contribution in [3.8, 4) is 17.2 Å². The van der Waals surface area contributed by atoms with Gasteiger partial charge in [-0.25, -0.2) is 4.79 Å². The number of esters is 1. The summed E-state index contributed by atoms with van der Waals surface area (Å²) in [6.07, 6.45) is -1.28. The van der Waals surface area contributed by atoms with Gasteiger partial charge in [0.25, 0.3) is 5.91 Å². The van der Waals surface area contributed by atoms with E-state index in [4.69, 9.17) is 31.5 Å². The Hall–Kier alpha value is -4.11. The summed E-state index contributed by atoms with van der Waals surface area (Å²) >= 11 is 5.82. The number of amides is 1. The van der Waals surface area contributed by atoms with Crippen LogP contribution < -0.4 is 15.2 Å². The van der Waals surface area contributed by atoms with Crippen molar-refractivity contribution in [3.63, 3.8) is 0 Å². The van der Waals surface area contributed by atoms with Crippen molar-refractivity contribution in [2.45, 2.75) is 6.10 Å². The van der Waals surface area contributed by atoms with Gasteiger partial charge in [0.05, 0.1) is 17.6 Å². The van der Waals surface area contributed by atoms with Crippen molar-refractivity contribution in [2.24, 2.45) is 5.73 Å². The summed E-state index contributed by atoms with van der Waals surface area (Å²) in [7, 11) is 1.34. The van der Waals surface area contributed by atoms with Gasteiger partial charge in [0, 0.05) is 16.7 Å². The largest absolute Gasteiger partial charge is 0.493 e. The number of nitro groups is 1. The zero-order valence-corrected chi connectivity index (χ0v) is 17.4. The van der Waals surface area contributed by atoms with E-state index < -0.39 is 22.9 Å². The van der Waals surface area contributed by atoms with Crippen LogP contribution in [0.2, 0.25) is 5.02 Å². The number of halogens is 1. The molecule has 1 atom stereocenters. The maximum absolute atomic E-state index is 12.6. The first-order chi connectivity index (χ1) is 15.3. The number of hydrogen-bond donors (Lipinski definition) is 1. The average Bonchev–Trinajstić information content (AvgIpc) is 2.78. The van der Waals surface area contributed by atoms with E-state index in [-0.39, 0.29) is 33.5 Å². The third kappa shape index (κ3) is 5.13. The van der Waals surface area contributed by atoms with Gasteiger partial charge in [-0.1, -0.05) is 41.9 Å². The minimum Gasteiger partial charge on any atom is -0.493 e. The molecule has 164 valence electrons. The molecule has 0 spiro atoms. The van der Waals surface area contributed by atoms with Crippen LogP contribution in [0, 0.1) is 10.1 Å². The molecule has 1 unspecified atom stereocenters. The highest BCUT2D eigenvalue weighted by atomic mass is 35.5. The Labute approximate surface area is 187 Å². The molecule has 32 heavy (non-hydrogen) atoms. The number of nitrogens with zero attached hydrogens (tertiary/aromatic N) is 1. The normalized spacial score (nSPS) is 11.3. The molecule has 0 aliphatic rings. The van der Waals surface area contributed by atoms with E-state index in [1.165, 1.54) is 37.4 Å². The van der Waals surface area contributed by atoms with Crippen LogP contribution in [0.25, 0.3) is 0 Å². The highest BCUT2D eigenvalue weighted by Gasteiger charge is 2.24. The maximum Gasteiger partial charge on any atom is 0.339 e. The summed E-state index contributed by atoms with van der Waals surface area (Å²) < 4.78 is 16.2. The lowest BCUT2D eigenvalue weighted by molar-refractivity contribution is -0.385. The molecule has 9 nitrogen and oxygen atoms in total. The Kier molecular flexibility index (Phi) is 6.91. The standard InChI is InChI=1S/C22H17ClN2O7/c1-30-19-11-14(22(27)32-20(21(24)26)13-5-3-2-4-6-13)7-9-18(19)31-17-10-8-15(23)12-16(17)25(28)29/h2-12,20H,1H3,(H2,24,26). The molecule has 2 N–H and O–H groups in total. The van der Waals surface area contributed by atoms with Crippen molar-refractivity contribution in [2.75, 3.05) is 7.11 Å². The second kappa shape index (κ2) is 9.80. The molecule has 3 aromatic rings. The van der Waals surface area contributed by atoms with Crippen LogP contribution >= 0.6 is 11.6 Å². The lowest BCUT2D eigenvalue weighted by atomic mass is 10.1. The molecule has 0 aromatic heterocycles. The Morgan fingerprint density at radius 2 is 1.69 bits per heavy atom. The average molecular weight is 457 g/mol. The highest BCUT2D eigenvalue weighted by molar-refractivity contribution is 6.30. The van der Waals surface area contributed by atoms with E-state index in [9.17, 15) is 19.7 Å². The summed E-state index contributed by atoms with van der Waals surface area (Å²) in [6.45, 7) is 0. The van der Waals surface area contributed by atoms with E-state index >= 15 is 0 Å². The summed E-state index contributed by atoms with van der Waals surface area (Å²) in [5.74, 6) is -1.49. The van der Waals surface area contributed by atoms with Crippen LogP contribution in [0.4, 0.5) is 5.69 Å². The number of carbonyl (C=O) groups excluding carboxylic acids is 2. The van der Waals surface area contributed by atoms with Gasteiger partial charge < -0.3 is 19.9 Å². The zero-order valence-electron chi connectivity index (χ0n) is 16.7. The minimum absolute atomic E-state index is 0.0574. The SMILES string of the molecule is COc1cc(C(=O)OC(C(N)=O)c2ccccc2)ccc1Oc1ccc(Cl)cc1[N+](=O)[O-]. The fourth-order valence-corrected chi connectivity index (χ4v) is 2.98. The summed E-state index contributed by atoms with van der Waals surface area (Å²) in [5, 5.41) is 11.5. The van der Waals surface area contributed by atoms with Gasteiger partial charge in [0.15, 0.2) is 11.5 Å². The zero-order chi connectivity index (χ0) is 23.3. The van der Waals surface area contributed by atoms with Gasteiger partial charge >= 0.3 is 11.7 Å². The van der Waals surface area contributed by atoms with Gasteiger partial charge in [-0.2, -0.15) is 0 Å². The van der Waals surface area contributed by atoms with Crippen molar-refractivity contribution in [1.29, 1.82) is 0 Å². The molecule has 1 amide bonds. The number of nitrogens with two attached hydrogens (primary N) is 1. The van der Waals surface area contributed by atoms with Gasteiger partial charge in [-0.05, 0) is 30.3 Å². The van der Waals surface area contributed by atoms with Crippen LogP contribution in [0.15, 0.2) is 66.7 Å². The molecular formula is C22H17ClN2O7. The molecule has 10 heteroatoms. The molecule has 3 rings (SSSR count). The Bertz CT molecular complexity index is 1170. The smallest absolute Gasteiger partial charge is 0.339 e. The van der Waals surface area contributed by atoms with Gasteiger partial charge in [-0.3, -0.25) is 14.9 Å². The first-order valence-electron chi connectivity index (χ1n) is 9.15. The number of primary amides is 1. The summed E-state index contributed by atoms with van der Waals surface area (Å²) in [4.78, 5) is 35.1. The third-order valence-corrected chi connectivity index (χ3v) is 4.56. The number of hydrogen-bond acceptors (Lipinski definition) is 7. The molecule has 0 saturated carbocycles. The predicted molar refractivity (Wildman–Crippen MR) is 115 cm³/mol. The summed E-state index contributed by atoms with van der Waals surface area (Å²) in [6, 6.07) is 16.4. The molecule has 0 aliphatic carbocycles. The van der Waals surface area contributed by atoms with Crippen LogP contribution in [0.1, 0.15) is 22.0 Å². The first kappa shape index (κ1) is 22.6. The van der Waals surface area contributed by atoms with Gasteiger partial charge in [0.2, 0.25) is 11.9 Å². The molecule has 0 radical (unpaired) electrons. The third-order valence-electron chi connectivity index (χ3n) is 4.32. The lowest BCUT2D eigenvalue weighted by Crippen LogP contribution is -2.26. The van der Waals surface area contributed by atoms with Crippen LogP contribution in [0.3, 0.4) is 0 Å². The van der Waals surface area contributed by atoms with Gasteiger partial charge in [0.1, 0.15) is 0 Å². The topological polar surface area (TPSA) is 131 Å². The fraction of sp³-hybridized carbons (Fsp3) is 0.0909.